The number of carbonyl (C=O) groups excluding carboxylic acids is 2. The summed E-state index contributed by atoms with van der Waals surface area (Å²) >= 11 is 0. The third kappa shape index (κ3) is 5.15. The number of nitrogens with two attached hydrogens (primary N) is 1. The van der Waals surface area contributed by atoms with Crippen molar-refractivity contribution >= 4 is 17.5 Å². The summed E-state index contributed by atoms with van der Waals surface area (Å²) in [4.78, 5) is 24.5. The molecule has 0 spiro atoms. The highest BCUT2D eigenvalue weighted by Crippen LogP contribution is 2.17. The van der Waals surface area contributed by atoms with E-state index < -0.39 is 6.04 Å². The molecule has 2 amide bonds. The van der Waals surface area contributed by atoms with Crippen LogP contribution in [0.25, 0.3) is 0 Å². The van der Waals surface area contributed by atoms with Crippen LogP contribution in [0.3, 0.4) is 0 Å². The summed E-state index contributed by atoms with van der Waals surface area (Å²) in [5.41, 5.74) is 9.49. The predicted molar refractivity (Wildman–Crippen MR) is 104 cm³/mol. The van der Waals surface area contributed by atoms with Crippen LogP contribution in [0.5, 0.6) is 0 Å². The molecule has 0 bridgehead atoms. The van der Waals surface area contributed by atoms with Gasteiger partial charge in [0.1, 0.15) is 12.1 Å². The molecule has 1 saturated heterocycles. The maximum atomic E-state index is 12.3. The lowest BCUT2D eigenvalue weighted by Gasteiger charge is -2.14. The van der Waals surface area contributed by atoms with Gasteiger partial charge in [-0.25, -0.2) is 0 Å². The van der Waals surface area contributed by atoms with Gasteiger partial charge in [0.2, 0.25) is 5.91 Å². The minimum atomic E-state index is -0.715. The van der Waals surface area contributed by atoms with E-state index in [9.17, 15) is 9.59 Å². The predicted octanol–water partition coefficient (Wildman–Crippen LogP) is 2.43. The molecular weight excluding hydrogens is 342 g/mol. The van der Waals surface area contributed by atoms with Crippen molar-refractivity contribution in [3.05, 3.63) is 65.2 Å². The van der Waals surface area contributed by atoms with Crippen molar-refractivity contribution in [3.8, 4) is 0 Å². The molecule has 0 saturated carbocycles. The van der Waals surface area contributed by atoms with Crippen LogP contribution in [0.4, 0.5) is 5.69 Å². The standard InChI is InChI=1S/C21H25N3O3/c1-14-7-9-16(10-8-14)19(22)21(26)23-13-15-4-2-5-17(12-15)24-20(25)18-6-3-11-27-18/h2,4-5,7-10,12,18-19H,3,6,11,13,22H2,1H3,(H,23,26)(H,24,25). The quantitative estimate of drug-likeness (QED) is 0.731. The zero-order valence-electron chi connectivity index (χ0n) is 15.4. The smallest absolute Gasteiger partial charge is 0.253 e. The van der Waals surface area contributed by atoms with E-state index in [1.807, 2.05) is 55.5 Å². The molecule has 0 aliphatic carbocycles. The molecule has 4 N–H and O–H groups in total. The number of amides is 2. The summed E-state index contributed by atoms with van der Waals surface area (Å²) in [7, 11) is 0. The van der Waals surface area contributed by atoms with Crippen LogP contribution in [0.15, 0.2) is 48.5 Å². The summed E-state index contributed by atoms with van der Waals surface area (Å²) in [5, 5.41) is 5.71. The number of rotatable bonds is 6. The molecule has 2 aromatic carbocycles. The van der Waals surface area contributed by atoms with Crippen LogP contribution in [0.1, 0.15) is 35.6 Å². The Balaban J connectivity index is 1.55. The molecule has 1 heterocycles. The molecule has 1 aliphatic rings. The lowest BCUT2D eigenvalue weighted by atomic mass is 10.1. The largest absolute Gasteiger partial charge is 0.368 e. The molecule has 2 aromatic rings. The van der Waals surface area contributed by atoms with Crippen LogP contribution in [0, 0.1) is 6.92 Å². The number of ether oxygens (including phenoxy) is 1. The lowest BCUT2D eigenvalue weighted by Crippen LogP contribution is -2.33. The average Bonchev–Trinajstić information content (AvgIpc) is 3.21. The number of nitrogens with one attached hydrogen (secondary N) is 2. The van der Waals surface area contributed by atoms with Gasteiger partial charge in [0, 0.05) is 18.8 Å². The Labute approximate surface area is 159 Å². The van der Waals surface area contributed by atoms with E-state index in [0.29, 0.717) is 18.8 Å². The Morgan fingerprint density at radius 2 is 2.00 bits per heavy atom. The zero-order chi connectivity index (χ0) is 19.2. The second kappa shape index (κ2) is 8.79. The first-order valence-electron chi connectivity index (χ1n) is 9.14. The molecule has 1 fully saturated rings. The van der Waals surface area contributed by atoms with Gasteiger partial charge < -0.3 is 21.1 Å². The normalized spacial score (nSPS) is 17.3. The molecule has 2 unspecified atom stereocenters. The minimum Gasteiger partial charge on any atom is -0.368 e. The highest BCUT2D eigenvalue weighted by Gasteiger charge is 2.23. The summed E-state index contributed by atoms with van der Waals surface area (Å²) in [5.74, 6) is -0.372. The zero-order valence-corrected chi connectivity index (χ0v) is 15.4. The number of carbonyl (C=O) groups is 2. The first-order chi connectivity index (χ1) is 13.0. The molecule has 0 radical (unpaired) electrons. The van der Waals surface area contributed by atoms with Crippen molar-refractivity contribution in [1.82, 2.24) is 5.32 Å². The number of benzene rings is 2. The van der Waals surface area contributed by atoms with Gasteiger partial charge >= 0.3 is 0 Å². The van der Waals surface area contributed by atoms with E-state index in [1.54, 1.807) is 0 Å². The monoisotopic (exact) mass is 367 g/mol. The van der Waals surface area contributed by atoms with E-state index >= 15 is 0 Å². The topological polar surface area (TPSA) is 93.5 Å². The molecule has 142 valence electrons. The van der Waals surface area contributed by atoms with Crippen molar-refractivity contribution in [2.75, 3.05) is 11.9 Å². The van der Waals surface area contributed by atoms with Gasteiger partial charge in [0.25, 0.3) is 5.91 Å². The molecular formula is C21H25N3O3. The van der Waals surface area contributed by atoms with E-state index in [4.69, 9.17) is 10.5 Å². The maximum Gasteiger partial charge on any atom is 0.253 e. The van der Waals surface area contributed by atoms with Crippen LogP contribution < -0.4 is 16.4 Å². The van der Waals surface area contributed by atoms with E-state index in [-0.39, 0.29) is 17.9 Å². The molecule has 3 rings (SSSR count). The van der Waals surface area contributed by atoms with Gasteiger partial charge in [0.05, 0.1) is 0 Å². The Morgan fingerprint density at radius 3 is 2.70 bits per heavy atom. The van der Waals surface area contributed by atoms with Gasteiger partial charge in [-0.15, -0.1) is 0 Å². The summed E-state index contributed by atoms with van der Waals surface area (Å²) in [6, 6.07) is 14.3. The lowest BCUT2D eigenvalue weighted by molar-refractivity contribution is -0.124. The summed E-state index contributed by atoms with van der Waals surface area (Å²) in [6.45, 7) is 2.95. The van der Waals surface area contributed by atoms with E-state index in [2.05, 4.69) is 10.6 Å². The number of hydrogen-bond donors (Lipinski definition) is 3. The molecule has 0 aromatic heterocycles. The van der Waals surface area contributed by atoms with Crippen molar-refractivity contribution in [2.24, 2.45) is 5.73 Å². The summed E-state index contributed by atoms with van der Waals surface area (Å²) < 4.78 is 5.39. The SMILES string of the molecule is Cc1ccc(C(N)C(=O)NCc2cccc(NC(=O)C3CCCO3)c2)cc1. The fourth-order valence-electron chi connectivity index (χ4n) is 2.99. The molecule has 6 nitrogen and oxygen atoms in total. The molecule has 1 aliphatic heterocycles. The first-order valence-corrected chi connectivity index (χ1v) is 9.14. The van der Waals surface area contributed by atoms with Crippen molar-refractivity contribution in [3.63, 3.8) is 0 Å². The fourth-order valence-corrected chi connectivity index (χ4v) is 2.99. The van der Waals surface area contributed by atoms with Gasteiger partial charge in [-0.1, -0.05) is 42.0 Å². The van der Waals surface area contributed by atoms with Gasteiger partial charge in [-0.2, -0.15) is 0 Å². The van der Waals surface area contributed by atoms with Crippen LogP contribution >= 0.6 is 0 Å². The number of aryl methyl sites for hydroxylation is 1. The first kappa shape index (κ1) is 19.1. The highest BCUT2D eigenvalue weighted by molar-refractivity contribution is 5.94. The van der Waals surface area contributed by atoms with Gasteiger partial charge in [-0.3, -0.25) is 9.59 Å². The third-order valence-corrected chi connectivity index (χ3v) is 4.60. The van der Waals surface area contributed by atoms with Crippen molar-refractivity contribution in [2.45, 2.75) is 38.5 Å². The second-order valence-corrected chi connectivity index (χ2v) is 6.80. The highest BCUT2D eigenvalue weighted by atomic mass is 16.5. The minimum absolute atomic E-state index is 0.130. The van der Waals surface area contributed by atoms with E-state index in [0.717, 1.165) is 29.5 Å². The van der Waals surface area contributed by atoms with E-state index in [1.165, 1.54) is 0 Å². The Kier molecular flexibility index (Phi) is 6.21. The molecule has 2 atom stereocenters. The van der Waals surface area contributed by atoms with Crippen LogP contribution in [0.2, 0.25) is 0 Å². The van der Waals surface area contributed by atoms with Crippen LogP contribution in [-0.2, 0) is 20.9 Å². The second-order valence-electron chi connectivity index (χ2n) is 6.80. The van der Waals surface area contributed by atoms with Crippen molar-refractivity contribution in [1.29, 1.82) is 0 Å². The fraction of sp³-hybridized carbons (Fsp3) is 0.333. The van der Waals surface area contributed by atoms with Crippen LogP contribution in [-0.4, -0.2) is 24.5 Å². The molecule has 27 heavy (non-hydrogen) atoms. The van der Waals surface area contributed by atoms with Gasteiger partial charge in [0.15, 0.2) is 0 Å². The summed E-state index contributed by atoms with van der Waals surface area (Å²) in [6.07, 6.45) is 1.28. The maximum absolute atomic E-state index is 12.3. The Bertz CT molecular complexity index is 799. The Hall–Kier alpha value is -2.70. The Morgan fingerprint density at radius 1 is 1.22 bits per heavy atom. The molecule has 6 heteroatoms. The number of hydrogen-bond acceptors (Lipinski definition) is 4. The van der Waals surface area contributed by atoms with Crippen molar-refractivity contribution < 1.29 is 14.3 Å². The van der Waals surface area contributed by atoms with Gasteiger partial charge in [-0.05, 0) is 43.0 Å². The average molecular weight is 367 g/mol. The number of anilines is 1. The third-order valence-electron chi connectivity index (χ3n) is 4.60.